The van der Waals surface area contributed by atoms with Crippen molar-refractivity contribution in [3.63, 3.8) is 0 Å². The van der Waals surface area contributed by atoms with E-state index in [4.69, 9.17) is 0 Å². The van der Waals surface area contributed by atoms with Crippen molar-refractivity contribution in [1.82, 2.24) is 20.2 Å². The Morgan fingerprint density at radius 1 is 1.35 bits per heavy atom. The number of piperidine rings is 1. The zero-order valence-corrected chi connectivity index (χ0v) is 15.6. The van der Waals surface area contributed by atoms with Gasteiger partial charge in [-0.25, -0.2) is 4.98 Å². The van der Waals surface area contributed by atoms with Crippen LogP contribution in [0.1, 0.15) is 34.7 Å². The number of aliphatic hydroxyl groups is 1. The molecule has 0 spiro atoms. The zero-order valence-electron chi connectivity index (χ0n) is 15.6. The Balaban J connectivity index is 1.51. The van der Waals surface area contributed by atoms with Crippen molar-refractivity contribution >= 4 is 5.91 Å². The second kappa shape index (κ2) is 8.47. The summed E-state index contributed by atoms with van der Waals surface area (Å²) in [5, 5.41) is 12.3. The number of amides is 1. The molecule has 6 nitrogen and oxygen atoms in total. The van der Waals surface area contributed by atoms with Crippen LogP contribution in [0.2, 0.25) is 0 Å². The number of carbonyl (C=O) groups excluding carboxylic acids is 1. The van der Waals surface area contributed by atoms with Crippen LogP contribution >= 0.6 is 0 Å². The number of aromatic nitrogens is 2. The van der Waals surface area contributed by atoms with Crippen LogP contribution in [0, 0.1) is 19.8 Å². The highest BCUT2D eigenvalue weighted by atomic mass is 16.3. The van der Waals surface area contributed by atoms with E-state index in [9.17, 15) is 9.90 Å². The molecule has 3 N–H and O–H groups in total. The SMILES string of the molecule is Cc1nc(-c2ccc(C(=O)NCCN3CCC[C@H](CO)C3)cc2)c(C)[nH]1. The monoisotopic (exact) mass is 356 g/mol. The van der Waals surface area contributed by atoms with Crippen LogP contribution in [0.4, 0.5) is 0 Å². The number of imidazole rings is 1. The first-order chi connectivity index (χ1) is 12.6. The van der Waals surface area contributed by atoms with E-state index in [1.54, 1.807) is 0 Å². The number of nitrogens with zero attached hydrogens (tertiary/aromatic N) is 2. The van der Waals surface area contributed by atoms with Gasteiger partial charge in [-0.1, -0.05) is 12.1 Å². The van der Waals surface area contributed by atoms with E-state index in [0.717, 1.165) is 55.3 Å². The van der Waals surface area contributed by atoms with E-state index in [0.29, 0.717) is 18.0 Å². The molecule has 2 heterocycles. The summed E-state index contributed by atoms with van der Waals surface area (Å²) in [5.74, 6) is 1.21. The molecule has 3 rings (SSSR count). The summed E-state index contributed by atoms with van der Waals surface area (Å²) in [4.78, 5) is 22.3. The Morgan fingerprint density at radius 3 is 2.77 bits per heavy atom. The highest BCUT2D eigenvalue weighted by Gasteiger charge is 2.18. The quantitative estimate of drug-likeness (QED) is 0.741. The lowest BCUT2D eigenvalue weighted by atomic mass is 9.99. The molecule has 2 aromatic rings. The van der Waals surface area contributed by atoms with Crippen LogP contribution in [0.15, 0.2) is 24.3 Å². The van der Waals surface area contributed by atoms with E-state index < -0.39 is 0 Å². The molecule has 1 aromatic heterocycles. The standard InChI is InChI=1S/C20H28N4O2/c1-14-19(23-15(2)22-14)17-5-7-18(8-6-17)20(26)21-9-11-24-10-3-4-16(12-24)13-25/h5-8,16,25H,3-4,9-13H2,1-2H3,(H,21,26)(H,22,23)/t16-/m0/s1. The van der Waals surface area contributed by atoms with Crippen molar-refractivity contribution < 1.29 is 9.90 Å². The van der Waals surface area contributed by atoms with Gasteiger partial charge in [0.05, 0.1) is 5.69 Å². The smallest absolute Gasteiger partial charge is 0.251 e. The molecule has 1 atom stereocenters. The third-order valence-electron chi connectivity index (χ3n) is 5.00. The number of aryl methyl sites for hydroxylation is 2. The van der Waals surface area contributed by atoms with Crippen molar-refractivity contribution in [2.45, 2.75) is 26.7 Å². The van der Waals surface area contributed by atoms with Crippen LogP contribution in [0.3, 0.4) is 0 Å². The summed E-state index contributed by atoms with van der Waals surface area (Å²) in [5.41, 5.74) is 3.62. The van der Waals surface area contributed by atoms with E-state index in [1.165, 1.54) is 0 Å². The van der Waals surface area contributed by atoms with Crippen molar-refractivity contribution in [2.75, 3.05) is 32.8 Å². The van der Waals surface area contributed by atoms with Gasteiger partial charge in [-0.2, -0.15) is 0 Å². The number of H-pyrrole nitrogens is 1. The number of nitrogens with one attached hydrogen (secondary N) is 2. The third-order valence-corrected chi connectivity index (χ3v) is 5.00. The van der Waals surface area contributed by atoms with Crippen LogP contribution < -0.4 is 5.32 Å². The second-order valence-electron chi connectivity index (χ2n) is 7.12. The second-order valence-corrected chi connectivity index (χ2v) is 7.12. The molecule has 0 unspecified atom stereocenters. The minimum atomic E-state index is -0.0535. The Bertz CT molecular complexity index is 739. The van der Waals surface area contributed by atoms with Crippen molar-refractivity contribution in [1.29, 1.82) is 0 Å². The van der Waals surface area contributed by atoms with Gasteiger partial charge >= 0.3 is 0 Å². The van der Waals surface area contributed by atoms with Gasteiger partial charge in [-0.05, 0) is 51.3 Å². The van der Waals surface area contributed by atoms with Crippen molar-refractivity contribution in [2.24, 2.45) is 5.92 Å². The predicted molar refractivity (Wildman–Crippen MR) is 102 cm³/mol. The summed E-state index contributed by atoms with van der Waals surface area (Å²) >= 11 is 0. The largest absolute Gasteiger partial charge is 0.396 e. The summed E-state index contributed by atoms with van der Waals surface area (Å²) in [6.45, 7) is 7.60. The number of carbonyl (C=O) groups is 1. The maximum atomic E-state index is 12.3. The van der Waals surface area contributed by atoms with Crippen LogP contribution in [-0.4, -0.2) is 58.7 Å². The van der Waals surface area contributed by atoms with Gasteiger partial charge in [-0.3, -0.25) is 4.79 Å². The lowest BCUT2D eigenvalue weighted by molar-refractivity contribution is 0.0930. The minimum absolute atomic E-state index is 0.0535. The number of aliphatic hydroxyl groups excluding tert-OH is 1. The Morgan fingerprint density at radius 2 is 2.12 bits per heavy atom. The molecule has 1 fully saturated rings. The van der Waals surface area contributed by atoms with Gasteiger partial charge in [0.25, 0.3) is 5.91 Å². The fourth-order valence-corrected chi connectivity index (χ4v) is 3.60. The Hall–Kier alpha value is -2.18. The average Bonchev–Trinajstić information content (AvgIpc) is 3.00. The van der Waals surface area contributed by atoms with Gasteiger partial charge in [0.2, 0.25) is 0 Å². The third kappa shape index (κ3) is 4.51. The first-order valence-corrected chi connectivity index (χ1v) is 9.32. The number of hydrogen-bond acceptors (Lipinski definition) is 4. The van der Waals surface area contributed by atoms with Crippen molar-refractivity contribution in [3.8, 4) is 11.3 Å². The number of hydrogen-bond donors (Lipinski definition) is 3. The normalized spacial score (nSPS) is 18.0. The van der Waals surface area contributed by atoms with E-state index in [-0.39, 0.29) is 12.5 Å². The fourth-order valence-electron chi connectivity index (χ4n) is 3.60. The van der Waals surface area contributed by atoms with E-state index in [1.807, 2.05) is 38.1 Å². The highest BCUT2D eigenvalue weighted by Crippen LogP contribution is 2.21. The Labute approximate surface area is 154 Å². The Kier molecular flexibility index (Phi) is 6.06. The molecule has 1 aliphatic heterocycles. The molecular formula is C20H28N4O2. The fraction of sp³-hybridized carbons (Fsp3) is 0.500. The first kappa shape index (κ1) is 18.6. The van der Waals surface area contributed by atoms with Crippen LogP contribution in [0.25, 0.3) is 11.3 Å². The number of likely N-dealkylation sites (tertiary alicyclic amines) is 1. The maximum Gasteiger partial charge on any atom is 0.251 e. The van der Waals surface area contributed by atoms with E-state index in [2.05, 4.69) is 20.2 Å². The molecular weight excluding hydrogens is 328 g/mol. The minimum Gasteiger partial charge on any atom is -0.396 e. The van der Waals surface area contributed by atoms with E-state index >= 15 is 0 Å². The first-order valence-electron chi connectivity index (χ1n) is 9.32. The zero-order chi connectivity index (χ0) is 18.5. The van der Waals surface area contributed by atoms with Crippen LogP contribution in [-0.2, 0) is 0 Å². The van der Waals surface area contributed by atoms with Gasteiger partial charge in [-0.15, -0.1) is 0 Å². The van der Waals surface area contributed by atoms with Gasteiger partial charge in [0.15, 0.2) is 0 Å². The number of rotatable bonds is 6. The highest BCUT2D eigenvalue weighted by molar-refractivity contribution is 5.94. The molecule has 1 amide bonds. The molecule has 0 radical (unpaired) electrons. The number of aromatic amines is 1. The lowest BCUT2D eigenvalue weighted by Crippen LogP contribution is -2.41. The average molecular weight is 356 g/mol. The van der Waals surface area contributed by atoms with Gasteiger partial charge in [0.1, 0.15) is 5.82 Å². The molecule has 26 heavy (non-hydrogen) atoms. The van der Waals surface area contributed by atoms with Gasteiger partial charge < -0.3 is 20.3 Å². The predicted octanol–water partition coefficient (Wildman–Crippen LogP) is 2.13. The molecule has 1 aromatic carbocycles. The van der Waals surface area contributed by atoms with Crippen LogP contribution in [0.5, 0.6) is 0 Å². The summed E-state index contributed by atoms with van der Waals surface area (Å²) in [6.07, 6.45) is 2.22. The topological polar surface area (TPSA) is 81.2 Å². The van der Waals surface area contributed by atoms with Gasteiger partial charge in [0, 0.05) is 43.1 Å². The number of benzene rings is 1. The van der Waals surface area contributed by atoms with Crippen molar-refractivity contribution in [3.05, 3.63) is 41.3 Å². The molecule has 0 aliphatic carbocycles. The molecule has 1 aliphatic rings. The molecule has 6 heteroatoms. The summed E-state index contributed by atoms with van der Waals surface area (Å²) in [6, 6.07) is 7.57. The summed E-state index contributed by atoms with van der Waals surface area (Å²) < 4.78 is 0. The molecule has 140 valence electrons. The lowest BCUT2D eigenvalue weighted by Gasteiger charge is -2.31. The maximum absolute atomic E-state index is 12.3. The molecule has 1 saturated heterocycles. The molecule has 0 bridgehead atoms. The molecule has 0 saturated carbocycles. The summed E-state index contributed by atoms with van der Waals surface area (Å²) in [7, 11) is 0.